The van der Waals surface area contributed by atoms with Crippen molar-refractivity contribution in [1.29, 1.82) is 0 Å². The lowest BCUT2D eigenvalue weighted by molar-refractivity contribution is 0.305. The van der Waals surface area contributed by atoms with Crippen molar-refractivity contribution in [2.75, 3.05) is 0 Å². The van der Waals surface area contributed by atoms with E-state index in [4.69, 9.17) is 4.74 Å². The Hall–Kier alpha value is -1.10. The maximum Gasteiger partial charge on any atom is 0.123 e. The van der Waals surface area contributed by atoms with Crippen LogP contribution in [0, 0.1) is 16.3 Å². The van der Waals surface area contributed by atoms with Gasteiger partial charge in [-0.05, 0) is 71.0 Å². The molecule has 0 bridgehead atoms. The molecule has 0 aromatic heterocycles. The summed E-state index contributed by atoms with van der Waals surface area (Å²) in [7, 11) is 0. The van der Waals surface area contributed by atoms with Crippen LogP contribution in [0.15, 0.2) is 42.5 Å². The van der Waals surface area contributed by atoms with Crippen LogP contribution in [0.3, 0.4) is 0 Å². The number of benzene rings is 2. The van der Waals surface area contributed by atoms with E-state index in [2.05, 4.69) is 22.6 Å². The van der Waals surface area contributed by atoms with Gasteiger partial charge in [-0.1, -0.05) is 12.1 Å². The highest BCUT2D eigenvalue weighted by molar-refractivity contribution is 14.1. The van der Waals surface area contributed by atoms with Crippen molar-refractivity contribution < 1.29 is 9.13 Å². The quantitative estimate of drug-likeness (QED) is 0.755. The summed E-state index contributed by atoms with van der Waals surface area (Å²) in [6.45, 7) is 2.35. The van der Waals surface area contributed by atoms with Crippen LogP contribution in [0.2, 0.25) is 0 Å². The normalized spacial score (nSPS) is 10.3. The Labute approximate surface area is 114 Å². The molecular weight excluding hydrogens is 330 g/mol. The Morgan fingerprint density at radius 2 is 2.00 bits per heavy atom. The van der Waals surface area contributed by atoms with Crippen LogP contribution in [0.1, 0.15) is 11.1 Å². The van der Waals surface area contributed by atoms with E-state index in [1.807, 2.05) is 31.2 Å². The number of rotatable bonds is 3. The average Bonchev–Trinajstić information content (AvgIpc) is 2.28. The number of aryl methyl sites for hydroxylation is 1. The molecule has 0 fully saturated rings. The zero-order chi connectivity index (χ0) is 12.3. The highest BCUT2D eigenvalue weighted by Crippen LogP contribution is 2.18. The van der Waals surface area contributed by atoms with Crippen molar-refractivity contribution in [2.24, 2.45) is 0 Å². The fourth-order valence-electron chi connectivity index (χ4n) is 1.54. The first-order chi connectivity index (χ1) is 8.15. The van der Waals surface area contributed by atoms with E-state index in [1.54, 1.807) is 6.07 Å². The van der Waals surface area contributed by atoms with Gasteiger partial charge in [-0.25, -0.2) is 4.39 Å². The molecule has 0 N–H and O–H groups in total. The lowest BCUT2D eigenvalue weighted by Crippen LogP contribution is -1.98. The summed E-state index contributed by atoms with van der Waals surface area (Å²) in [6, 6.07) is 12.6. The van der Waals surface area contributed by atoms with Gasteiger partial charge in [-0.3, -0.25) is 0 Å². The van der Waals surface area contributed by atoms with Crippen molar-refractivity contribution in [2.45, 2.75) is 13.5 Å². The largest absolute Gasteiger partial charge is 0.489 e. The van der Waals surface area contributed by atoms with Crippen LogP contribution < -0.4 is 4.74 Å². The monoisotopic (exact) mass is 342 g/mol. The fraction of sp³-hybridized carbons (Fsp3) is 0.143. The third kappa shape index (κ3) is 3.43. The molecular formula is C14H12FIO. The molecule has 0 amide bonds. The first-order valence-corrected chi connectivity index (χ1v) is 6.36. The van der Waals surface area contributed by atoms with Gasteiger partial charge in [0.05, 0.1) is 0 Å². The summed E-state index contributed by atoms with van der Waals surface area (Å²) in [4.78, 5) is 0. The fourth-order valence-corrected chi connectivity index (χ4v) is 2.05. The second-order valence-corrected chi connectivity index (χ2v) is 5.06. The van der Waals surface area contributed by atoms with E-state index < -0.39 is 0 Å². The first-order valence-electron chi connectivity index (χ1n) is 5.28. The second-order valence-electron chi connectivity index (χ2n) is 3.82. The molecule has 1 nitrogen and oxygen atoms in total. The number of ether oxygens (including phenoxy) is 1. The molecule has 2 aromatic carbocycles. The van der Waals surface area contributed by atoms with E-state index in [9.17, 15) is 4.39 Å². The van der Waals surface area contributed by atoms with Gasteiger partial charge in [0.15, 0.2) is 0 Å². The molecule has 2 aromatic rings. The summed E-state index contributed by atoms with van der Waals surface area (Å²) >= 11 is 2.24. The van der Waals surface area contributed by atoms with Gasteiger partial charge in [0.1, 0.15) is 18.2 Å². The molecule has 0 aliphatic heterocycles. The molecule has 0 aliphatic rings. The van der Waals surface area contributed by atoms with Crippen LogP contribution in [0.25, 0.3) is 0 Å². The molecule has 88 valence electrons. The Morgan fingerprint density at radius 1 is 1.18 bits per heavy atom. The zero-order valence-corrected chi connectivity index (χ0v) is 11.6. The minimum Gasteiger partial charge on any atom is -0.489 e. The predicted octanol–water partition coefficient (Wildman–Crippen LogP) is 4.32. The summed E-state index contributed by atoms with van der Waals surface area (Å²) in [6.07, 6.45) is 0. The summed E-state index contributed by atoms with van der Waals surface area (Å²) in [5.74, 6) is 0.626. The van der Waals surface area contributed by atoms with E-state index in [1.165, 1.54) is 12.1 Å². The van der Waals surface area contributed by atoms with Gasteiger partial charge in [-0.15, -0.1) is 0 Å². The van der Waals surface area contributed by atoms with E-state index in [0.29, 0.717) is 6.61 Å². The smallest absolute Gasteiger partial charge is 0.123 e. The molecule has 0 heterocycles. The predicted molar refractivity (Wildman–Crippen MR) is 74.6 cm³/mol. The molecule has 17 heavy (non-hydrogen) atoms. The second kappa shape index (κ2) is 5.49. The SMILES string of the molecule is Cc1cc(F)ccc1COc1cccc(I)c1. The molecule has 3 heteroatoms. The maximum atomic E-state index is 12.9. The average molecular weight is 342 g/mol. The van der Waals surface area contributed by atoms with Crippen LogP contribution in [-0.2, 0) is 6.61 Å². The van der Waals surface area contributed by atoms with Crippen molar-refractivity contribution >= 4 is 22.6 Å². The van der Waals surface area contributed by atoms with Crippen LogP contribution in [0.4, 0.5) is 4.39 Å². The lowest BCUT2D eigenvalue weighted by atomic mass is 10.1. The minimum absolute atomic E-state index is 0.208. The van der Waals surface area contributed by atoms with Gasteiger partial charge < -0.3 is 4.74 Å². The maximum absolute atomic E-state index is 12.9. The van der Waals surface area contributed by atoms with E-state index >= 15 is 0 Å². The van der Waals surface area contributed by atoms with Crippen molar-refractivity contribution in [1.82, 2.24) is 0 Å². The zero-order valence-electron chi connectivity index (χ0n) is 9.41. The molecule has 0 radical (unpaired) electrons. The van der Waals surface area contributed by atoms with Crippen molar-refractivity contribution in [3.8, 4) is 5.75 Å². The van der Waals surface area contributed by atoms with Crippen LogP contribution in [0.5, 0.6) is 5.75 Å². The Balaban J connectivity index is 2.07. The summed E-state index contributed by atoms with van der Waals surface area (Å²) in [5.41, 5.74) is 1.92. The molecule has 0 atom stereocenters. The highest BCUT2D eigenvalue weighted by Gasteiger charge is 2.01. The molecule has 0 unspecified atom stereocenters. The van der Waals surface area contributed by atoms with Gasteiger partial charge >= 0.3 is 0 Å². The minimum atomic E-state index is -0.208. The summed E-state index contributed by atoms with van der Waals surface area (Å²) in [5, 5.41) is 0. The molecule has 0 saturated carbocycles. The van der Waals surface area contributed by atoms with E-state index in [0.717, 1.165) is 20.4 Å². The molecule has 0 aliphatic carbocycles. The van der Waals surface area contributed by atoms with Gasteiger partial charge in [-0.2, -0.15) is 0 Å². The van der Waals surface area contributed by atoms with E-state index in [-0.39, 0.29) is 5.82 Å². The Bertz CT molecular complexity index is 525. The number of hydrogen-bond acceptors (Lipinski definition) is 1. The molecule has 2 rings (SSSR count). The van der Waals surface area contributed by atoms with Gasteiger partial charge in [0.25, 0.3) is 0 Å². The molecule has 0 spiro atoms. The van der Waals surface area contributed by atoms with Crippen LogP contribution >= 0.6 is 22.6 Å². The van der Waals surface area contributed by atoms with Crippen molar-refractivity contribution in [3.05, 3.63) is 63.0 Å². The summed E-state index contributed by atoms with van der Waals surface area (Å²) < 4.78 is 19.7. The van der Waals surface area contributed by atoms with Gasteiger partial charge in [0, 0.05) is 3.57 Å². The highest BCUT2D eigenvalue weighted by atomic mass is 127. The lowest BCUT2D eigenvalue weighted by Gasteiger charge is -2.09. The van der Waals surface area contributed by atoms with Gasteiger partial charge in [0.2, 0.25) is 0 Å². The van der Waals surface area contributed by atoms with Crippen molar-refractivity contribution in [3.63, 3.8) is 0 Å². The van der Waals surface area contributed by atoms with Crippen LogP contribution in [-0.4, -0.2) is 0 Å². The Kier molecular flexibility index (Phi) is 3.99. The standard InChI is InChI=1S/C14H12FIO/c1-10-7-12(15)6-5-11(10)9-17-14-4-2-3-13(16)8-14/h2-8H,9H2,1H3. The first kappa shape index (κ1) is 12.4. The topological polar surface area (TPSA) is 9.23 Å². The number of halogens is 2. The Morgan fingerprint density at radius 3 is 2.71 bits per heavy atom. The third-order valence-electron chi connectivity index (χ3n) is 2.50. The number of hydrogen-bond donors (Lipinski definition) is 0. The molecule has 0 saturated heterocycles. The third-order valence-corrected chi connectivity index (χ3v) is 3.17.